The molecule has 1 rings (SSSR count). The maximum Gasteiger partial charge on any atom is 0.164 e. The van der Waals surface area contributed by atoms with Crippen molar-refractivity contribution in [2.75, 3.05) is 6.61 Å². The van der Waals surface area contributed by atoms with Crippen LogP contribution in [0, 0.1) is 13.8 Å². The van der Waals surface area contributed by atoms with Gasteiger partial charge in [0, 0.05) is 5.56 Å². The van der Waals surface area contributed by atoms with Crippen molar-refractivity contribution in [3.05, 3.63) is 17.2 Å². The number of rotatable bonds is 2. The van der Waals surface area contributed by atoms with E-state index in [4.69, 9.17) is 4.74 Å². The minimum absolute atomic E-state index is 0.0686. The van der Waals surface area contributed by atoms with Gasteiger partial charge in [0.15, 0.2) is 11.5 Å². The van der Waals surface area contributed by atoms with Crippen molar-refractivity contribution in [1.82, 2.24) is 0 Å². The summed E-state index contributed by atoms with van der Waals surface area (Å²) in [5.74, 6) is 0.458. The highest BCUT2D eigenvalue weighted by atomic mass is 16.5. The fourth-order valence-electron chi connectivity index (χ4n) is 1.16. The van der Waals surface area contributed by atoms with Crippen LogP contribution in [0.15, 0.2) is 6.07 Å². The Labute approximate surface area is 77.6 Å². The molecule has 13 heavy (non-hydrogen) atoms. The molecule has 0 unspecified atom stereocenters. The molecule has 0 amide bonds. The molecule has 0 aliphatic heterocycles. The minimum atomic E-state index is -0.0940. The van der Waals surface area contributed by atoms with E-state index in [1.165, 1.54) is 0 Å². The molecule has 0 atom stereocenters. The van der Waals surface area contributed by atoms with E-state index in [1.807, 2.05) is 6.92 Å². The Balaban J connectivity index is 3.24. The Bertz CT molecular complexity index is 318. The molecular weight excluding hydrogens is 168 g/mol. The fraction of sp³-hybridized carbons (Fsp3) is 0.400. The molecule has 0 radical (unpaired) electrons. The molecule has 0 spiro atoms. The summed E-state index contributed by atoms with van der Waals surface area (Å²) in [7, 11) is 0. The summed E-state index contributed by atoms with van der Waals surface area (Å²) < 4.78 is 5.28. The third kappa shape index (κ3) is 1.69. The minimum Gasteiger partial charge on any atom is -0.504 e. The molecule has 3 nitrogen and oxygen atoms in total. The van der Waals surface area contributed by atoms with Gasteiger partial charge in [-0.15, -0.1) is 0 Å². The number of aryl methyl sites for hydroxylation is 1. The molecule has 0 saturated carbocycles. The van der Waals surface area contributed by atoms with Crippen LogP contribution in [0.2, 0.25) is 0 Å². The Hall–Kier alpha value is -1.38. The van der Waals surface area contributed by atoms with E-state index in [1.54, 1.807) is 19.9 Å². The van der Waals surface area contributed by atoms with Gasteiger partial charge in [-0.25, -0.2) is 0 Å². The van der Waals surface area contributed by atoms with Gasteiger partial charge in [0.25, 0.3) is 0 Å². The lowest BCUT2D eigenvalue weighted by Crippen LogP contribution is -1.95. The molecule has 1 aromatic rings. The summed E-state index contributed by atoms with van der Waals surface area (Å²) in [4.78, 5) is 0. The number of ether oxygens (including phenoxy) is 1. The maximum absolute atomic E-state index is 9.46. The van der Waals surface area contributed by atoms with Gasteiger partial charge in [0.1, 0.15) is 5.75 Å². The molecule has 0 bridgehead atoms. The number of phenols is 2. The van der Waals surface area contributed by atoms with Crippen molar-refractivity contribution >= 4 is 0 Å². The number of phenolic OH excluding ortho intramolecular Hbond substituents is 2. The van der Waals surface area contributed by atoms with Gasteiger partial charge < -0.3 is 14.9 Å². The highest BCUT2D eigenvalue weighted by Gasteiger charge is 2.11. The van der Waals surface area contributed by atoms with Crippen LogP contribution < -0.4 is 4.74 Å². The van der Waals surface area contributed by atoms with Crippen LogP contribution in [-0.2, 0) is 0 Å². The van der Waals surface area contributed by atoms with Crippen molar-refractivity contribution in [3.63, 3.8) is 0 Å². The molecule has 0 heterocycles. The lowest BCUT2D eigenvalue weighted by atomic mass is 10.1. The largest absolute Gasteiger partial charge is 0.504 e. The maximum atomic E-state index is 9.46. The lowest BCUT2D eigenvalue weighted by Gasteiger charge is -2.11. The van der Waals surface area contributed by atoms with Gasteiger partial charge in [-0.2, -0.15) is 0 Å². The van der Waals surface area contributed by atoms with Crippen molar-refractivity contribution in [2.24, 2.45) is 0 Å². The molecule has 72 valence electrons. The molecule has 0 aliphatic carbocycles. The van der Waals surface area contributed by atoms with Crippen LogP contribution in [0.5, 0.6) is 17.2 Å². The summed E-state index contributed by atoms with van der Waals surface area (Å²) in [6.07, 6.45) is 0. The molecule has 0 aliphatic rings. The van der Waals surface area contributed by atoms with Crippen molar-refractivity contribution < 1.29 is 14.9 Å². The van der Waals surface area contributed by atoms with E-state index < -0.39 is 0 Å². The summed E-state index contributed by atoms with van der Waals surface area (Å²) in [6.45, 7) is 5.85. The van der Waals surface area contributed by atoms with Crippen LogP contribution >= 0.6 is 0 Å². The van der Waals surface area contributed by atoms with Gasteiger partial charge >= 0.3 is 0 Å². The van der Waals surface area contributed by atoms with Crippen molar-refractivity contribution in [2.45, 2.75) is 20.8 Å². The van der Waals surface area contributed by atoms with Crippen LogP contribution in [0.1, 0.15) is 18.1 Å². The quantitative estimate of drug-likeness (QED) is 0.689. The second kappa shape index (κ2) is 3.56. The first-order chi connectivity index (χ1) is 6.07. The van der Waals surface area contributed by atoms with E-state index in [9.17, 15) is 10.2 Å². The average molecular weight is 182 g/mol. The van der Waals surface area contributed by atoms with Gasteiger partial charge in [0.2, 0.25) is 0 Å². The van der Waals surface area contributed by atoms with Crippen LogP contribution in [-0.4, -0.2) is 16.8 Å². The highest BCUT2D eigenvalue weighted by molar-refractivity contribution is 5.55. The molecule has 0 aromatic heterocycles. The third-order valence-corrected chi connectivity index (χ3v) is 1.97. The van der Waals surface area contributed by atoms with Crippen molar-refractivity contribution in [3.8, 4) is 17.2 Å². The topological polar surface area (TPSA) is 49.7 Å². The molecule has 3 heteroatoms. The zero-order valence-corrected chi connectivity index (χ0v) is 8.09. The van der Waals surface area contributed by atoms with Crippen LogP contribution in [0.4, 0.5) is 0 Å². The summed E-state index contributed by atoms with van der Waals surface area (Å²) in [6, 6.07) is 1.72. The first kappa shape index (κ1) is 9.71. The number of benzene rings is 1. The smallest absolute Gasteiger partial charge is 0.164 e. The van der Waals surface area contributed by atoms with E-state index in [0.29, 0.717) is 23.5 Å². The lowest BCUT2D eigenvalue weighted by molar-refractivity contribution is 0.330. The first-order valence-corrected chi connectivity index (χ1v) is 4.22. The number of aromatic hydroxyl groups is 2. The third-order valence-electron chi connectivity index (χ3n) is 1.97. The zero-order chi connectivity index (χ0) is 10.0. The summed E-state index contributed by atoms with van der Waals surface area (Å²) in [5, 5.41) is 18.8. The van der Waals surface area contributed by atoms with Gasteiger partial charge in [-0.3, -0.25) is 0 Å². The fourth-order valence-corrected chi connectivity index (χ4v) is 1.16. The SMILES string of the molecule is CCOc1cc(C)c(O)c(O)c1C. The predicted molar refractivity (Wildman–Crippen MR) is 50.4 cm³/mol. The molecular formula is C10H14O3. The summed E-state index contributed by atoms with van der Waals surface area (Å²) in [5.41, 5.74) is 1.19. The second-order valence-electron chi connectivity index (χ2n) is 2.95. The van der Waals surface area contributed by atoms with Crippen LogP contribution in [0.25, 0.3) is 0 Å². The van der Waals surface area contributed by atoms with Gasteiger partial charge in [-0.1, -0.05) is 0 Å². The highest BCUT2D eigenvalue weighted by Crippen LogP contribution is 2.37. The van der Waals surface area contributed by atoms with E-state index >= 15 is 0 Å². The van der Waals surface area contributed by atoms with E-state index in [0.717, 1.165) is 0 Å². The molecule has 1 aromatic carbocycles. The van der Waals surface area contributed by atoms with E-state index in [-0.39, 0.29) is 11.5 Å². The number of hydrogen-bond acceptors (Lipinski definition) is 3. The second-order valence-corrected chi connectivity index (χ2v) is 2.95. The van der Waals surface area contributed by atoms with Crippen molar-refractivity contribution in [1.29, 1.82) is 0 Å². The van der Waals surface area contributed by atoms with Gasteiger partial charge in [-0.05, 0) is 32.4 Å². The normalized spacial score (nSPS) is 10.1. The standard InChI is InChI=1S/C10H14O3/c1-4-13-8-5-6(2)9(11)10(12)7(8)3/h5,11-12H,4H2,1-3H3. The Morgan fingerprint density at radius 3 is 2.38 bits per heavy atom. The predicted octanol–water partition coefficient (Wildman–Crippen LogP) is 2.11. The first-order valence-electron chi connectivity index (χ1n) is 4.22. The zero-order valence-electron chi connectivity index (χ0n) is 8.09. The van der Waals surface area contributed by atoms with Crippen LogP contribution in [0.3, 0.4) is 0 Å². The summed E-state index contributed by atoms with van der Waals surface area (Å²) >= 11 is 0. The van der Waals surface area contributed by atoms with E-state index in [2.05, 4.69) is 0 Å². The molecule has 0 fully saturated rings. The Morgan fingerprint density at radius 1 is 1.23 bits per heavy atom. The van der Waals surface area contributed by atoms with Gasteiger partial charge in [0.05, 0.1) is 6.61 Å². The molecule has 0 saturated heterocycles. The molecule has 2 N–H and O–H groups in total. The monoisotopic (exact) mass is 182 g/mol. The average Bonchev–Trinajstić information content (AvgIpc) is 2.11. The number of hydrogen-bond donors (Lipinski definition) is 2. The Morgan fingerprint density at radius 2 is 1.85 bits per heavy atom. The Kier molecular flexibility index (Phi) is 2.66.